The highest BCUT2D eigenvalue weighted by molar-refractivity contribution is 5.90. The molecule has 2 amide bonds. The van der Waals surface area contributed by atoms with E-state index in [9.17, 15) is 4.79 Å². The van der Waals surface area contributed by atoms with Gasteiger partial charge in [-0.3, -0.25) is 15.4 Å². The monoisotopic (exact) mass is 350 g/mol. The van der Waals surface area contributed by atoms with Gasteiger partial charge < -0.3 is 5.32 Å². The third kappa shape index (κ3) is 3.82. The molecular formula is C19H22N6O. The number of aromatic nitrogens is 4. The first-order chi connectivity index (χ1) is 12.8. The average Bonchev–Trinajstić information content (AvgIpc) is 3.07. The lowest BCUT2D eigenvalue weighted by Crippen LogP contribution is -2.37. The van der Waals surface area contributed by atoms with Crippen LogP contribution in [0.15, 0.2) is 36.8 Å². The maximum absolute atomic E-state index is 12.3. The van der Waals surface area contributed by atoms with Gasteiger partial charge in [-0.05, 0) is 31.0 Å². The molecule has 0 atom stereocenters. The molecule has 134 valence electrons. The van der Waals surface area contributed by atoms with Crippen LogP contribution in [0.5, 0.6) is 0 Å². The molecule has 1 fully saturated rings. The van der Waals surface area contributed by atoms with Crippen LogP contribution in [0.3, 0.4) is 0 Å². The van der Waals surface area contributed by atoms with E-state index in [1.807, 2.05) is 18.3 Å². The highest BCUT2D eigenvalue weighted by atomic mass is 16.2. The summed E-state index contributed by atoms with van der Waals surface area (Å²) in [6.45, 7) is 0. The Morgan fingerprint density at radius 2 is 1.88 bits per heavy atom. The summed E-state index contributed by atoms with van der Waals surface area (Å²) in [6.07, 6.45) is 12.3. The van der Waals surface area contributed by atoms with E-state index in [0.29, 0.717) is 5.82 Å². The quantitative estimate of drug-likeness (QED) is 0.625. The minimum absolute atomic E-state index is 0.192. The summed E-state index contributed by atoms with van der Waals surface area (Å²) in [6, 6.07) is 5.65. The summed E-state index contributed by atoms with van der Waals surface area (Å²) < 4.78 is 0. The summed E-state index contributed by atoms with van der Waals surface area (Å²) >= 11 is 0. The van der Waals surface area contributed by atoms with Crippen LogP contribution in [0.2, 0.25) is 0 Å². The van der Waals surface area contributed by atoms with E-state index in [1.165, 1.54) is 25.7 Å². The molecular weight excluding hydrogens is 328 g/mol. The number of hydrogen-bond donors (Lipinski definition) is 3. The molecule has 7 heteroatoms. The van der Waals surface area contributed by atoms with E-state index in [4.69, 9.17) is 0 Å². The van der Waals surface area contributed by atoms with Crippen molar-refractivity contribution >= 4 is 22.9 Å². The van der Waals surface area contributed by atoms with E-state index in [0.717, 1.165) is 35.0 Å². The Morgan fingerprint density at radius 1 is 1.04 bits per heavy atom. The highest BCUT2D eigenvalue weighted by Crippen LogP contribution is 2.22. The Bertz CT molecular complexity index is 884. The Morgan fingerprint density at radius 3 is 2.65 bits per heavy atom. The number of H-pyrrole nitrogens is 1. The first-order valence-corrected chi connectivity index (χ1v) is 9.11. The first-order valence-electron chi connectivity index (χ1n) is 9.11. The van der Waals surface area contributed by atoms with Crippen molar-refractivity contribution in [3.63, 3.8) is 0 Å². The van der Waals surface area contributed by atoms with Gasteiger partial charge in [0.2, 0.25) is 0 Å². The van der Waals surface area contributed by atoms with Crippen molar-refractivity contribution in [1.82, 2.24) is 25.5 Å². The molecule has 1 saturated carbocycles. The zero-order valence-electron chi connectivity index (χ0n) is 14.5. The van der Waals surface area contributed by atoms with Crippen molar-refractivity contribution in [3.8, 4) is 11.1 Å². The summed E-state index contributed by atoms with van der Waals surface area (Å²) in [5, 5.41) is 12.7. The molecule has 7 nitrogen and oxygen atoms in total. The second kappa shape index (κ2) is 7.51. The number of rotatable bonds is 3. The summed E-state index contributed by atoms with van der Waals surface area (Å²) in [7, 11) is 0. The first kappa shape index (κ1) is 16.5. The van der Waals surface area contributed by atoms with Gasteiger partial charge >= 0.3 is 6.03 Å². The maximum Gasteiger partial charge on any atom is 0.320 e. The number of fused-ring (bicyclic) bond motifs is 1. The number of pyridine rings is 2. The van der Waals surface area contributed by atoms with E-state index < -0.39 is 0 Å². The van der Waals surface area contributed by atoms with Crippen LogP contribution in [0.25, 0.3) is 22.2 Å². The lowest BCUT2D eigenvalue weighted by atomic mass is 10.1. The number of anilines is 1. The highest BCUT2D eigenvalue weighted by Gasteiger charge is 2.15. The number of hydrogen-bond acceptors (Lipinski definition) is 4. The number of nitrogens with one attached hydrogen (secondary N) is 3. The average molecular weight is 350 g/mol. The number of nitrogens with zero attached hydrogens (tertiary/aromatic N) is 3. The molecule has 3 aromatic heterocycles. The molecule has 0 saturated heterocycles. The molecule has 1 aliphatic carbocycles. The number of amides is 2. The van der Waals surface area contributed by atoms with Crippen molar-refractivity contribution in [2.45, 2.75) is 44.6 Å². The molecule has 0 bridgehead atoms. The summed E-state index contributed by atoms with van der Waals surface area (Å²) in [5.74, 6) is 0.523. The summed E-state index contributed by atoms with van der Waals surface area (Å²) in [5.41, 5.74) is 3.40. The van der Waals surface area contributed by atoms with Crippen LogP contribution in [0, 0.1) is 0 Å². The van der Waals surface area contributed by atoms with Crippen molar-refractivity contribution < 1.29 is 4.79 Å². The molecule has 0 radical (unpaired) electrons. The van der Waals surface area contributed by atoms with Gasteiger partial charge in [-0.15, -0.1) is 0 Å². The molecule has 3 N–H and O–H groups in total. The van der Waals surface area contributed by atoms with E-state index in [2.05, 4.69) is 30.8 Å². The Kier molecular flexibility index (Phi) is 4.77. The number of urea groups is 1. The molecule has 1 aliphatic rings. The maximum atomic E-state index is 12.3. The van der Waals surface area contributed by atoms with Gasteiger partial charge in [-0.2, -0.15) is 5.10 Å². The van der Waals surface area contributed by atoms with Gasteiger partial charge in [0.05, 0.1) is 17.2 Å². The van der Waals surface area contributed by atoms with Crippen LogP contribution in [0.1, 0.15) is 38.5 Å². The zero-order chi connectivity index (χ0) is 17.8. The molecule has 0 spiro atoms. The fraction of sp³-hybridized carbons (Fsp3) is 0.368. The molecule has 4 rings (SSSR count). The topological polar surface area (TPSA) is 95.6 Å². The zero-order valence-corrected chi connectivity index (χ0v) is 14.5. The molecule has 0 aromatic carbocycles. The van der Waals surface area contributed by atoms with Crippen LogP contribution < -0.4 is 10.6 Å². The van der Waals surface area contributed by atoms with Gasteiger partial charge in [-0.25, -0.2) is 9.78 Å². The second-order valence-electron chi connectivity index (χ2n) is 6.73. The van der Waals surface area contributed by atoms with E-state index in [-0.39, 0.29) is 12.1 Å². The van der Waals surface area contributed by atoms with Gasteiger partial charge in [0.15, 0.2) is 0 Å². The molecule has 0 unspecified atom stereocenters. The van der Waals surface area contributed by atoms with E-state index >= 15 is 0 Å². The van der Waals surface area contributed by atoms with Crippen molar-refractivity contribution in [1.29, 1.82) is 0 Å². The Hall–Kier alpha value is -2.96. The van der Waals surface area contributed by atoms with Gasteiger partial charge in [0, 0.05) is 29.6 Å². The third-order valence-electron chi connectivity index (χ3n) is 4.80. The van der Waals surface area contributed by atoms with Crippen LogP contribution in [0.4, 0.5) is 10.6 Å². The second-order valence-corrected chi connectivity index (χ2v) is 6.73. The number of carbonyl (C=O) groups excluding carboxylic acids is 1. The molecule has 0 aliphatic heterocycles. The standard InChI is InChI=1S/C19H22N6O/c26-19(23-15-5-3-1-2-4-6-15)25-18-8-7-16-17(24-18)9-13(10-20-16)14-11-21-22-12-14/h7-12,15H,1-6H2,(H,21,22)(H2,23,24,25,26). The molecule has 3 heterocycles. The summed E-state index contributed by atoms with van der Waals surface area (Å²) in [4.78, 5) is 21.3. The fourth-order valence-electron chi connectivity index (χ4n) is 3.40. The Balaban J connectivity index is 1.48. The minimum Gasteiger partial charge on any atom is -0.335 e. The van der Waals surface area contributed by atoms with Crippen LogP contribution in [-0.2, 0) is 0 Å². The lowest BCUT2D eigenvalue weighted by Gasteiger charge is -2.16. The molecule has 26 heavy (non-hydrogen) atoms. The minimum atomic E-state index is -0.192. The fourth-order valence-corrected chi connectivity index (χ4v) is 3.40. The van der Waals surface area contributed by atoms with Crippen LogP contribution in [-0.4, -0.2) is 32.2 Å². The van der Waals surface area contributed by atoms with Gasteiger partial charge in [0.25, 0.3) is 0 Å². The van der Waals surface area contributed by atoms with Crippen molar-refractivity contribution in [2.75, 3.05) is 5.32 Å². The molecule has 3 aromatic rings. The van der Waals surface area contributed by atoms with Gasteiger partial charge in [0.1, 0.15) is 5.82 Å². The largest absolute Gasteiger partial charge is 0.335 e. The van der Waals surface area contributed by atoms with Crippen molar-refractivity contribution in [2.24, 2.45) is 0 Å². The Labute approximate surface area is 151 Å². The smallest absolute Gasteiger partial charge is 0.320 e. The number of carbonyl (C=O) groups is 1. The predicted molar refractivity (Wildman–Crippen MR) is 101 cm³/mol. The third-order valence-corrected chi connectivity index (χ3v) is 4.80. The normalized spacial score (nSPS) is 15.5. The van der Waals surface area contributed by atoms with Crippen molar-refractivity contribution in [3.05, 3.63) is 36.8 Å². The number of aromatic amines is 1. The van der Waals surface area contributed by atoms with Crippen LogP contribution >= 0.6 is 0 Å². The SMILES string of the molecule is O=C(Nc1ccc2ncc(-c3cn[nH]c3)cc2n1)NC1CCCCCC1. The van der Waals surface area contributed by atoms with E-state index in [1.54, 1.807) is 18.5 Å². The predicted octanol–water partition coefficient (Wildman–Crippen LogP) is 3.86. The van der Waals surface area contributed by atoms with Gasteiger partial charge in [-0.1, -0.05) is 25.7 Å². The lowest BCUT2D eigenvalue weighted by molar-refractivity contribution is 0.247.